The summed E-state index contributed by atoms with van der Waals surface area (Å²) in [4.78, 5) is 0. The van der Waals surface area contributed by atoms with Crippen molar-refractivity contribution >= 4 is 11.6 Å². The van der Waals surface area contributed by atoms with E-state index in [-0.39, 0.29) is 6.61 Å². The van der Waals surface area contributed by atoms with Crippen molar-refractivity contribution in [2.45, 2.75) is 12.8 Å². The molecule has 16 heavy (non-hydrogen) atoms. The summed E-state index contributed by atoms with van der Waals surface area (Å²) in [6, 6.07) is 7.64. The third-order valence-corrected chi connectivity index (χ3v) is 2.79. The highest BCUT2D eigenvalue weighted by Gasteiger charge is 2.09. The van der Waals surface area contributed by atoms with E-state index >= 15 is 0 Å². The molecule has 1 aromatic carbocycles. The van der Waals surface area contributed by atoms with Gasteiger partial charge in [0.05, 0.1) is 5.69 Å². The monoisotopic (exact) mass is 237 g/mol. The first kappa shape index (κ1) is 11.2. The molecule has 0 fully saturated rings. The highest BCUT2D eigenvalue weighted by molar-refractivity contribution is 6.31. The van der Waals surface area contributed by atoms with Crippen LogP contribution in [0.25, 0.3) is 0 Å². The Labute approximate surface area is 98.6 Å². The molecule has 3 nitrogen and oxygen atoms in total. The maximum Gasteiger partial charge on any atom is 0.127 e. The molecule has 0 saturated heterocycles. The lowest BCUT2D eigenvalue weighted by Gasteiger charge is -2.02. The fourth-order valence-corrected chi connectivity index (χ4v) is 1.77. The van der Waals surface area contributed by atoms with Crippen molar-refractivity contribution in [3.63, 3.8) is 0 Å². The van der Waals surface area contributed by atoms with E-state index < -0.39 is 0 Å². The zero-order chi connectivity index (χ0) is 11.4. The second-order valence-corrected chi connectivity index (χ2v) is 3.94. The van der Waals surface area contributed by atoms with E-state index in [1.165, 1.54) is 0 Å². The Kier molecular flexibility index (Phi) is 3.59. The van der Waals surface area contributed by atoms with Gasteiger partial charge in [0.25, 0.3) is 0 Å². The molecule has 4 heteroatoms. The molecule has 1 N–H and O–H groups in total. The number of nitrogens with zero attached hydrogens (tertiary/aromatic N) is 1. The Morgan fingerprint density at radius 3 is 2.81 bits per heavy atom. The zero-order valence-electron chi connectivity index (χ0n) is 8.69. The molecule has 1 aromatic heterocycles. The maximum absolute atomic E-state index is 8.89. The van der Waals surface area contributed by atoms with Crippen LogP contribution < -0.4 is 0 Å². The van der Waals surface area contributed by atoms with Crippen molar-refractivity contribution in [1.29, 1.82) is 0 Å². The molecule has 1 heterocycles. The van der Waals surface area contributed by atoms with Gasteiger partial charge in [-0.15, -0.1) is 0 Å². The second kappa shape index (κ2) is 5.14. The Hall–Kier alpha value is -1.32. The topological polar surface area (TPSA) is 46.3 Å². The van der Waals surface area contributed by atoms with Crippen molar-refractivity contribution in [1.82, 2.24) is 5.16 Å². The largest absolute Gasteiger partial charge is 0.396 e. The van der Waals surface area contributed by atoms with E-state index in [0.717, 1.165) is 21.8 Å². The standard InChI is InChI=1S/C12H12ClNO2/c13-11-4-2-1-3-9(11)7-12-10(5-6-15)8-16-14-12/h1-4,8,15H,5-7H2. The van der Waals surface area contributed by atoms with Gasteiger partial charge in [0.2, 0.25) is 0 Å². The normalized spacial score (nSPS) is 10.6. The van der Waals surface area contributed by atoms with E-state index in [4.69, 9.17) is 21.2 Å². The SMILES string of the molecule is OCCc1conc1Cc1ccccc1Cl. The fourth-order valence-electron chi connectivity index (χ4n) is 1.57. The van der Waals surface area contributed by atoms with Crippen LogP contribution in [0.2, 0.25) is 5.02 Å². The molecule has 0 aliphatic carbocycles. The van der Waals surface area contributed by atoms with Crippen LogP contribution in [-0.4, -0.2) is 16.9 Å². The third kappa shape index (κ3) is 2.43. The Morgan fingerprint density at radius 1 is 1.25 bits per heavy atom. The van der Waals surface area contributed by atoms with Gasteiger partial charge in [-0.2, -0.15) is 0 Å². The van der Waals surface area contributed by atoms with Crippen LogP contribution in [0.3, 0.4) is 0 Å². The summed E-state index contributed by atoms with van der Waals surface area (Å²) >= 11 is 6.06. The van der Waals surface area contributed by atoms with E-state index in [1.54, 1.807) is 6.26 Å². The van der Waals surface area contributed by atoms with Crippen molar-refractivity contribution < 1.29 is 9.63 Å². The average Bonchev–Trinajstić information content (AvgIpc) is 2.70. The van der Waals surface area contributed by atoms with Crippen LogP contribution in [-0.2, 0) is 12.8 Å². The van der Waals surface area contributed by atoms with Crippen LogP contribution >= 0.6 is 11.6 Å². The van der Waals surface area contributed by atoms with Gasteiger partial charge in [-0.25, -0.2) is 0 Å². The van der Waals surface area contributed by atoms with E-state index in [0.29, 0.717) is 12.8 Å². The van der Waals surface area contributed by atoms with Crippen LogP contribution in [0, 0.1) is 0 Å². The number of halogens is 1. The molecule has 0 bridgehead atoms. The summed E-state index contributed by atoms with van der Waals surface area (Å²) in [6.07, 6.45) is 2.76. The maximum atomic E-state index is 8.89. The summed E-state index contributed by atoms with van der Waals surface area (Å²) in [6.45, 7) is 0.0940. The minimum atomic E-state index is 0.0940. The third-order valence-electron chi connectivity index (χ3n) is 2.43. The Morgan fingerprint density at radius 2 is 2.06 bits per heavy atom. The first-order valence-corrected chi connectivity index (χ1v) is 5.45. The Balaban J connectivity index is 2.20. The number of hydrogen-bond acceptors (Lipinski definition) is 3. The predicted molar refractivity (Wildman–Crippen MR) is 61.6 cm³/mol. The minimum absolute atomic E-state index is 0.0940. The number of aliphatic hydroxyl groups excluding tert-OH is 1. The fraction of sp³-hybridized carbons (Fsp3) is 0.250. The molecular formula is C12H12ClNO2. The van der Waals surface area contributed by atoms with Gasteiger partial charge in [-0.1, -0.05) is 35.0 Å². The molecule has 2 rings (SSSR count). The van der Waals surface area contributed by atoms with Crippen LogP contribution in [0.1, 0.15) is 16.8 Å². The molecule has 0 amide bonds. The highest BCUT2D eigenvalue weighted by atomic mass is 35.5. The van der Waals surface area contributed by atoms with Crippen molar-refractivity contribution in [2.75, 3.05) is 6.61 Å². The number of hydrogen-bond donors (Lipinski definition) is 1. The second-order valence-electron chi connectivity index (χ2n) is 3.53. The highest BCUT2D eigenvalue weighted by Crippen LogP contribution is 2.20. The molecule has 0 atom stereocenters. The number of aromatic nitrogens is 1. The van der Waals surface area contributed by atoms with Gasteiger partial charge in [-0.05, 0) is 11.6 Å². The smallest absolute Gasteiger partial charge is 0.127 e. The first-order valence-electron chi connectivity index (χ1n) is 5.07. The van der Waals surface area contributed by atoms with Crippen molar-refractivity contribution in [2.24, 2.45) is 0 Å². The number of benzene rings is 1. The summed E-state index contributed by atoms with van der Waals surface area (Å²) in [5.41, 5.74) is 2.78. The van der Waals surface area contributed by atoms with Gasteiger partial charge in [0, 0.05) is 30.0 Å². The molecule has 0 spiro atoms. The molecule has 2 aromatic rings. The van der Waals surface area contributed by atoms with Crippen LogP contribution in [0.15, 0.2) is 35.1 Å². The van der Waals surface area contributed by atoms with Crippen LogP contribution in [0.4, 0.5) is 0 Å². The van der Waals surface area contributed by atoms with Gasteiger partial charge in [0.1, 0.15) is 6.26 Å². The Bertz CT molecular complexity index is 468. The van der Waals surface area contributed by atoms with Gasteiger partial charge in [0.15, 0.2) is 0 Å². The molecule has 84 valence electrons. The lowest BCUT2D eigenvalue weighted by atomic mass is 10.1. The molecule has 0 radical (unpaired) electrons. The zero-order valence-corrected chi connectivity index (χ0v) is 9.44. The average molecular weight is 238 g/mol. The van der Waals surface area contributed by atoms with Gasteiger partial charge >= 0.3 is 0 Å². The lowest BCUT2D eigenvalue weighted by molar-refractivity contribution is 0.299. The minimum Gasteiger partial charge on any atom is -0.396 e. The van der Waals surface area contributed by atoms with E-state index in [1.807, 2.05) is 24.3 Å². The number of aliphatic hydroxyl groups is 1. The predicted octanol–water partition coefficient (Wildman–Crippen LogP) is 2.45. The summed E-state index contributed by atoms with van der Waals surface area (Å²) in [7, 11) is 0. The first-order chi connectivity index (χ1) is 7.81. The quantitative estimate of drug-likeness (QED) is 0.889. The number of rotatable bonds is 4. The molecule has 0 aliphatic rings. The van der Waals surface area contributed by atoms with Gasteiger partial charge < -0.3 is 9.63 Å². The molecule has 0 saturated carbocycles. The van der Waals surface area contributed by atoms with E-state index in [9.17, 15) is 0 Å². The van der Waals surface area contributed by atoms with Crippen molar-refractivity contribution in [3.05, 3.63) is 52.4 Å². The molecule has 0 unspecified atom stereocenters. The molecule has 0 aliphatic heterocycles. The van der Waals surface area contributed by atoms with Gasteiger partial charge in [-0.3, -0.25) is 0 Å². The summed E-state index contributed by atoms with van der Waals surface area (Å²) in [5.74, 6) is 0. The van der Waals surface area contributed by atoms with E-state index in [2.05, 4.69) is 5.16 Å². The lowest BCUT2D eigenvalue weighted by Crippen LogP contribution is -1.97. The summed E-state index contributed by atoms with van der Waals surface area (Å²) in [5, 5.41) is 13.5. The van der Waals surface area contributed by atoms with Crippen LogP contribution in [0.5, 0.6) is 0 Å². The summed E-state index contributed by atoms with van der Waals surface area (Å²) < 4.78 is 4.91. The molecular weight excluding hydrogens is 226 g/mol. The van der Waals surface area contributed by atoms with Crippen molar-refractivity contribution in [3.8, 4) is 0 Å².